The van der Waals surface area contributed by atoms with E-state index < -0.39 is 0 Å². The minimum atomic E-state index is 0.490. The van der Waals surface area contributed by atoms with E-state index in [0.29, 0.717) is 6.04 Å². The quantitative estimate of drug-likeness (QED) is 0.819. The van der Waals surface area contributed by atoms with Crippen molar-refractivity contribution >= 4 is 11.8 Å². The van der Waals surface area contributed by atoms with Crippen LogP contribution in [0.25, 0.3) is 0 Å². The lowest BCUT2D eigenvalue weighted by molar-refractivity contribution is 0.602. The Hall–Kier alpha value is -0.470. The van der Waals surface area contributed by atoms with Crippen molar-refractivity contribution in [2.45, 2.75) is 40.7 Å². The summed E-state index contributed by atoms with van der Waals surface area (Å²) in [5.74, 6) is 2.35. The van der Waals surface area contributed by atoms with E-state index >= 15 is 0 Å². The smallest absolute Gasteiger partial charge is 0.0414 e. The summed E-state index contributed by atoms with van der Waals surface area (Å²) in [5.41, 5.74) is 5.67. The molecule has 0 saturated heterocycles. The first-order valence-corrected chi connectivity index (χ1v) is 7.64. The molecule has 0 aliphatic carbocycles. The van der Waals surface area contributed by atoms with E-state index in [2.05, 4.69) is 52.1 Å². The lowest BCUT2D eigenvalue weighted by Gasteiger charge is -2.21. The van der Waals surface area contributed by atoms with Gasteiger partial charge in [-0.3, -0.25) is 0 Å². The highest BCUT2D eigenvalue weighted by atomic mass is 32.2. The van der Waals surface area contributed by atoms with Crippen LogP contribution in [0.3, 0.4) is 0 Å². The molecule has 0 aliphatic rings. The molecule has 1 unspecified atom stereocenters. The minimum absolute atomic E-state index is 0.490. The van der Waals surface area contributed by atoms with Gasteiger partial charge in [0, 0.05) is 11.8 Å². The number of hydrogen-bond donors (Lipinski definition) is 1. The molecule has 1 nitrogen and oxygen atoms in total. The number of nitrogens with one attached hydrogen (secondary N) is 1. The zero-order valence-electron chi connectivity index (χ0n) is 11.8. The molecule has 1 aromatic carbocycles. The molecule has 2 heteroatoms. The lowest BCUT2D eigenvalue weighted by Crippen LogP contribution is -2.24. The van der Waals surface area contributed by atoms with E-state index in [-0.39, 0.29) is 0 Å². The van der Waals surface area contributed by atoms with Gasteiger partial charge in [-0.2, -0.15) is 11.8 Å². The summed E-state index contributed by atoms with van der Waals surface area (Å²) in [6.07, 6.45) is 0. The minimum Gasteiger partial charge on any atom is -0.310 e. The van der Waals surface area contributed by atoms with Crippen molar-refractivity contribution in [3.8, 4) is 0 Å². The van der Waals surface area contributed by atoms with Crippen molar-refractivity contribution in [3.63, 3.8) is 0 Å². The molecule has 0 heterocycles. The highest BCUT2D eigenvalue weighted by molar-refractivity contribution is 7.99. The molecule has 1 aromatic rings. The van der Waals surface area contributed by atoms with Gasteiger partial charge < -0.3 is 5.32 Å². The Morgan fingerprint density at radius 3 is 2.29 bits per heavy atom. The molecule has 1 rings (SSSR count). The van der Waals surface area contributed by atoms with E-state index in [1.165, 1.54) is 28.0 Å². The Morgan fingerprint density at radius 2 is 1.71 bits per heavy atom. The first-order valence-electron chi connectivity index (χ1n) is 6.49. The van der Waals surface area contributed by atoms with Gasteiger partial charge in [0.15, 0.2) is 0 Å². The van der Waals surface area contributed by atoms with Crippen LogP contribution in [-0.2, 0) is 0 Å². The number of benzene rings is 1. The molecular formula is C15H25NS. The zero-order valence-corrected chi connectivity index (χ0v) is 12.6. The Labute approximate surface area is 110 Å². The van der Waals surface area contributed by atoms with Gasteiger partial charge in [-0.25, -0.2) is 0 Å². The van der Waals surface area contributed by atoms with E-state index in [4.69, 9.17) is 0 Å². The fraction of sp³-hybridized carbons (Fsp3) is 0.600. The van der Waals surface area contributed by atoms with Crippen LogP contribution >= 0.6 is 11.8 Å². The highest BCUT2D eigenvalue weighted by Gasteiger charge is 2.13. The summed E-state index contributed by atoms with van der Waals surface area (Å²) in [7, 11) is 0. The monoisotopic (exact) mass is 251 g/mol. The summed E-state index contributed by atoms with van der Waals surface area (Å²) in [6.45, 7) is 12.0. The lowest BCUT2D eigenvalue weighted by atomic mass is 9.96. The standard InChI is InChI=1S/C15H25NS/c1-6-16-15(10-17-7-2)14-9-12(4)11(3)8-13(14)5/h8-9,15-16H,6-7,10H2,1-5H3. The molecular weight excluding hydrogens is 226 g/mol. The van der Waals surface area contributed by atoms with Gasteiger partial charge >= 0.3 is 0 Å². The normalized spacial score (nSPS) is 12.8. The van der Waals surface area contributed by atoms with Crippen LogP contribution in [0.1, 0.15) is 42.1 Å². The second kappa shape index (κ2) is 7.07. The largest absolute Gasteiger partial charge is 0.310 e. The summed E-state index contributed by atoms with van der Waals surface area (Å²) >= 11 is 2.01. The molecule has 17 heavy (non-hydrogen) atoms. The van der Waals surface area contributed by atoms with Crippen LogP contribution < -0.4 is 5.32 Å². The molecule has 1 atom stereocenters. The molecule has 0 aromatic heterocycles. The fourth-order valence-corrected chi connectivity index (χ4v) is 2.87. The molecule has 0 saturated carbocycles. The molecule has 0 amide bonds. The fourth-order valence-electron chi connectivity index (χ4n) is 2.10. The molecule has 0 radical (unpaired) electrons. The van der Waals surface area contributed by atoms with E-state index in [1.807, 2.05) is 11.8 Å². The molecule has 0 fully saturated rings. The van der Waals surface area contributed by atoms with E-state index in [1.54, 1.807) is 0 Å². The van der Waals surface area contributed by atoms with E-state index in [0.717, 1.165) is 12.3 Å². The van der Waals surface area contributed by atoms with Crippen molar-refractivity contribution in [2.75, 3.05) is 18.1 Å². The maximum atomic E-state index is 3.60. The van der Waals surface area contributed by atoms with Gasteiger partial charge in [0.25, 0.3) is 0 Å². The number of thioether (sulfide) groups is 1. The predicted molar refractivity (Wildman–Crippen MR) is 80.1 cm³/mol. The molecule has 0 aliphatic heterocycles. The van der Waals surface area contributed by atoms with Crippen molar-refractivity contribution in [2.24, 2.45) is 0 Å². The average molecular weight is 251 g/mol. The third kappa shape index (κ3) is 4.04. The molecule has 96 valence electrons. The topological polar surface area (TPSA) is 12.0 Å². The number of rotatable bonds is 6. The van der Waals surface area contributed by atoms with Gasteiger partial charge in [-0.15, -0.1) is 0 Å². The Kier molecular flexibility index (Phi) is 6.07. The second-order valence-corrected chi connectivity index (χ2v) is 5.88. The van der Waals surface area contributed by atoms with Crippen molar-refractivity contribution in [1.82, 2.24) is 5.32 Å². The van der Waals surface area contributed by atoms with E-state index in [9.17, 15) is 0 Å². The van der Waals surface area contributed by atoms with Gasteiger partial charge in [-0.1, -0.05) is 26.0 Å². The molecule has 0 bridgehead atoms. The van der Waals surface area contributed by atoms with Crippen molar-refractivity contribution in [3.05, 3.63) is 34.4 Å². The van der Waals surface area contributed by atoms with Crippen LogP contribution in [0.4, 0.5) is 0 Å². The molecule has 0 spiro atoms. The van der Waals surface area contributed by atoms with Crippen LogP contribution in [-0.4, -0.2) is 18.1 Å². The van der Waals surface area contributed by atoms with Crippen LogP contribution in [0.15, 0.2) is 12.1 Å². The summed E-state index contributed by atoms with van der Waals surface area (Å²) in [4.78, 5) is 0. The van der Waals surface area contributed by atoms with Crippen LogP contribution in [0.5, 0.6) is 0 Å². The SMILES string of the molecule is CCNC(CSCC)c1cc(C)c(C)cc1C. The van der Waals surface area contributed by atoms with Gasteiger partial charge in [0.1, 0.15) is 0 Å². The number of aryl methyl sites for hydroxylation is 3. The first-order chi connectivity index (χ1) is 8.10. The zero-order chi connectivity index (χ0) is 12.8. The first kappa shape index (κ1) is 14.6. The van der Waals surface area contributed by atoms with Crippen LogP contribution in [0.2, 0.25) is 0 Å². The summed E-state index contributed by atoms with van der Waals surface area (Å²) in [5, 5.41) is 3.60. The van der Waals surface area contributed by atoms with Gasteiger partial charge in [0.2, 0.25) is 0 Å². The Morgan fingerprint density at radius 1 is 1.06 bits per heavy atom. The third-order valence-corrected chi connectivity index (χ3v) is 4.17. The average Bonchev–Trinajstić information content (AvgIpc) is 2.29. The molecule has 1 N–H and O–H groups in total. The maximum Gasteiger partial charge on any atom is 0.0414 e. The number of hydrogen-bond acceptors (Lipinski definition) is 2. The highest BCUT2D eigenvalue weighted by Crippen LogP contribution is 2.24. The van der Waals surface area contributed by atoms with Gasteiger partial charge in [0.05, 0.1) is 0 Å². The summed E-state index contributed by atoms with van der Waals surface area (Å²) in [6, 6.07) is 5.16. The summed E-state index contributed by atoms with van der Waals surface area (Å²) < 4.78 is 0. The Bertz CT molecular complexity index is 360. The maximum absolute atomic E-state index is 3.60. The second-order valence-electron chi connectivity index (χ2n) is 4.56. The van der Waals surface area contributed by atoms with Gasteiger partial charge in [-0.05, 0) is 55.3 Å². The van der Waals surface area contributed by atoms with Crippen LogP contribution in [0, 0.1) is 20.8 Å². The Balaban J connectivity index is 2.96. The third-order valence-electron chi connectivity index (χ3n) is 3.20. The van der Waals surface area contributed by atoms with Crippen molar-refractivity contribution in [1.29, 1.82) is 0 Å². The van der Waals surface area contributed by atoms with Crippen molar-refractivity contribution < 1.29 is 0 Å². The predicted octanol–water partition coefficient (Wildman–Crippen LogP) is 4.02.